The Hall–Kier alpha value is -3.26. The van der Waals surface area contributed by atoms with Crippen LogP contribution in [-0.4, -0.2) is 22.5 Å². The molecule has 0 amide bonds. The number of esters is 1. The van der Waals surface area contributed by atoms with Crippen molar-refractivity contribution < 1.29 is 24.1 Å². The smallest absolute Gasteiger partial charge is 0.305 e. The quantitative estimate of drug-likeness (QED) is 0.452. The molecule has 0 N–H and O–H groups in total. The number of carbonyl (C=O) groups excluding carboxylic acids is 2. The Kier molecular flexibility index (Phi) is 4.91. The lowest BCUT2D eigenvalue weighted by molar-refractivity contribution is -0.384. The van der Waals surface area contributed by atoms with Gasteiger partial charge in [-0.3, -0.25) is 19.7 Å². The first-order chi connectivity index (χ1) is 12.8. The molecule has 1 aliphatic heterocycles. The van der Waals surface area contributed by atoms with Gasteiger partial charge in [0.15, 0.2) is 0 Å². The highest BCUT2D eigenvalue weighted by Gasteiger charge is 2.53. The lowest BCUT2D eigenvalue weighted by Crippen LogP contribution is -2.42. The predicted octanol–water partition coefficient (Wildman–Crippen LogP) is 3.33. The zero-order chi connectivity index (χ0) is 19.6. The third-order valence-electron chi connectivity index (χ3n) is 4.31. The number of rotatable bonds is 5. The van der Waals surface area contributed by atoms with Gasteiger partial charge in [-0.15, -0.1) is 0 Å². The van der Waals surface area contributed by atoms with E-state index in [1.165, 1.54) is 31.0 Å². The van der Waals surface area contributed by atoms with E-state index in [9.17, 15) is 19.7 Å². The van der Waals surface area contributed by atoms with Crippen molar-refractivity contribution in [3.05, 3.63) is 70.3 Å². The second-order valence-corrected chi connectivity index (χ2v) is 6.23. The van der Waals surface area contributed by atoms with Crippen LogP contribution in [0.4, 0.5) is 11.4 Å². The topological polar surface area (TPSA) is 99.0 Å². The van der Waals surface area contributed by atoms with Crippen molar-refractivity contribution in [1.29, 1.82) is 0 Å². The summed E-state index contributed by atoms with van der Waals surface area (Å²) in [6.45, 7) is 2.48. The Bertz CT molecular complexity index is 885. The molecule has 3 rings (SSSR count). The zero-order valence-corrected chi connectivity index (χ0v) is 14.8. The molecule has 140 valence electrons. The number of nitrogens with zero attached hydrogens (tertiary/aromatic N) is 2. The maximum absolute atomic E-state index is 12.3. The molecule has 0 unspecified atom stereocenters. The average molecular weight is 370 g/mol. The van der Waals surface area contributed by atoms with Crippen molar-refractivity contribution in [3.8, 4) is 0 Å². The van der Waals surface area contributed by atoms with Gasteiger partial charge >= 0.3 is 5.97 Å². The first kappa shape index (κ1) is 18.5. The first-order valence-electron chi connectivity index (χ1n) is 8.31. The number of anilines is 1. The van der Waals surface area contributed by atoms with Gasteiger partial charge in [0.05, 0.1) is 23.1 Å². The van der Waals surface area contributed by atoms with Gasteiger partial charge in [0.1, 0.15) is 0 Å². The molecule has 0 aliphatic carbocycles. The van der Waals surface area contributed by atoms with E-state index in [0.717, 1.165) is 0 Å². The van der Waals surface area contributed by atoms with E-state index >= 15 is 0 Å². The van der Waals surface area contributed by atoms with Crippen molar-refractivity contribution in [2.75, 3.05) is 5.06 Å². The molecule has 1 fully saturated rings. The van der Waals surface area contributed by atoms with Crippen LogP contribution in [0.1, 0.15) is 31.9 Å². The van der Waals surface area contributed by atoms with Crippen molar-refractivity contribution in [3.63, 3.8) is 0 Å². The van der Waals surface area contributed by atoms with E-state index in [1.807, 2.05) is 6.07 Å². The number of ketones is 1. The van der Waals surface area contributed by atoms with Crippen LogP contribution in [0.25, 0.3) is 0 Å². The molecule has 0 saturated carbocycles. The Morgan fingerprint density at radius 2 is 1.89 bits per heavy atom. The monoisotopic (exact) mass is 370 g/mol. The van der Waals surface area contributed by atoms with Crippen LogP contribution < -0.4 is 5.06 Å². The number of nitro groups is 1. The molecule has 0 bridgehead atoms. The summed E-state index contributed by atoms with van der Waals surface area (Å²) in [4.78, 5) is 40.4. The summed E-state index contributed by atoms with van der Waals surface area (Å²) in [6, 6.07) is 14.5. The fraction of sp³-hybridized carbons (Fsp3) is 0.263. The number of hydroxylamine groups is 1. The number of ether oxygens (including phenoxy) is 1. The standard InChI is InChI=1S/C19H18N2O6/c1-13(22)19(26-14(2)23)12-18(15-7-6-10-17(11-15)21(24)25)20(27-19)16-8-4-3-5-9-16/h3-11,18H,12H2,1-2H3/t18-,19+/m1/s1. The fourth-order valence-corrected chi connectivity index (χ4v) is 3.08. The fourth-order valence-electron chi connectivity index (χ4n) is 3.08. The second-order valence-electron chi connectivity index (χ2n) is 6.23. The summed E-state index contributed by atoms with van der Waals surface area (Å²) in [6.07, 6.45) is 0.0119. The molecule has 27 heavy (non-hydrogen) atoms. The van der Waals surface area contributed by atoms with Gasteiger partial charge in [0.25, 0.3) is 11.5 Å². The van der Waals surface area contributed by atoms with E-state index in [-0.39, 0.29) is 12.1 Å². The van der Waals surface area contributed by atoms with Crippen LogP contribution in [0.3, 0.4) is 0 Å². The lowest BCUT2D eigenvalue weighted by atomic mass is 9.97. The van der Waals surface area contributed by atoms with E-state index in [2.05, 4.69) is 0 Å². The molecule has 8 nitrogen and oxygen atoms in total. The number of nitro benzene ring substituents is 1. The summed E-state index contributed by atoms with van der Waals surface area (Å²) in [5.41, 5.74) is 1.13. The summed E-state index contributed by atoms with van der Waals surface area (Å²) in [5.74, 6) is -2.90. The average Bonchev–Trinajstić information content (AvgIpc) is 3.03. The molecule has 0 radical (unpaired) electrons. The predicted molar refractivity (Wildman–Crippen MR) is 95.6 cm³/mol. The van der Waals surface area contributed by atoms with Gasteiger partial charge in [0.2, 0.25) is 5.78 Å². The normalized spacial score (nSPS) is 21.7. The van der Waals surface area contributed by atoms with E-state index in [1.54, 1.807) is 36.4 Å². The molecular weight excluding hydrogens is 352 g/mol. The Balaban J connectivity index is 2.08. The third kappa shape index (κ3) is 3.65. The van der Waals surface area contributed by atoms with Gasteiger partial charge in [-0.1, -0.05) is 30.3 Å². The number of Topliss-reactive ketones (excluding diaryl/α,β-unsaturated/α-hetero) is 1. The van der Waals surface area contributed by atoms with E-state index in [0.29, 0.717) is 11.3 Å². The number of hydrogen-bond acceptors (Lipinski definition) is 7. The van der Waals surface area contributed by atoms with Crippen molar-refractivity contribution in [2.24, 2.45) is 0 Å². The second kappa shape index (κ2) is 7.16. The Morgan fingerprint density at radius 1 is 1.19 bits per heavy atom. The molecule has 2 aromatic rings. The molecular formula is C19H18N2O6. The molecule has 2 aromatic carbocycles. The van der Waals surface area contributed by atoms with Crippen molar-refractivity contribution in [1.82, 2.24) is 0 Å². The molecule has 1 heterocycles. The third-order valence-corrected chi connectivity index (χ3v) is 4.31. The number of para-hydroxylation sites is 1. The van der Waals surface area contributed by atoms with Crippen molar-refractivity contribution in [2.45, 2.75) is 32.1 Å². The van der Waals surface area contributed by atoms with E-state index < -0.39 is 28.5 Å². The van der Waals surface area contributed by atoms with Gasteiger partial charge in [0, 0.05) is 26.0 Å². The minimum absolute atomic E-state index is 0.0119. The van der Waals surface area contributed by atoms with Crippen LogP contribution >= 0.6 is 0 Å². The largest absolute Gasteiger partial charge is 0.423 e. The summed E-state index contributed by atoms with van der Waals surface area (Å²) >= 11 is 0. The van der Waals surface area contributed by atoms with Crippen LogP contribution in [0, 0.1) is 10.1 Å². The number of non-ortho nitro benzene ring substituents is 1. The first-order valence-corrected chi connectivity index (χ1v) is 8.31. The minimum atomic E-state index is -1.78. The van der Waals surface area contributed by atoms with Gasteiger partial charge < -0.3 is 4.74 Å². The van der Waals surface area contributed by atoms with Crippen LogP contribution in [0.5, 0.6) is 0 Å². The number of benzene rings is 2. The highest BCUT2D eigenvalue weighted by atomic mass is 16.8. The van der Waals surface area contributed by atoms with Crippen LogP contribution in [-0.2, 0) is 19.2 Å². The molecule has 1 aliphatic rings. The van der Waals surface area contributed by atoms with Crippen molar-refractivity contribution >= 4 is 23.1 Å². The summed E-state index contributed by atoms with van der Waals surface area (Å²) < 4.78 is 5.26. The van der Waals surface area contributed by atoms with Gasteiger partial charge in [-0.2, -0.15) is 0 Å². The molecule has 1 saturated heterocycles. The number of carbonyl (C=O) groups is 2. The maximum atomic E-state index is 12.3. The Labute approximate surface area is 155 Å². The number of hydrogen-bond donors (Lipinski definition) is 0. The maximum Gasteiger partial charge on any atom is 0.305 e. The minimum Gasteiger partial charge on any atom is -0.423 e. The van der Waals surface area contributed by atoms with E-state index in [4.69, 9.17) is 9.57 Å². The van der Waals surface area contributed by atoms with Crippen LogP contribution in [0.2, 0.25) is 0 Å². The SMILES string of the molecule is CC(=O)O[C@@]1(C(C)=O)C[C@H](c2cccc([N+](=O)[O-])c2)N(c2ccccc2)O1. The molecule has 8 heteroatoms. The zero-order valence-electron chi connectivity index (χ0n) is 14.8. The Morgan fingerprint density at radius 3 is 2.48 bits per heavy atom. The van der Waals surface area contributed by atoms with Gasteiger partial charge in [-0.25, -0.2) is 9.90 Å². The molecule has 0 spiro atoms. The summed E-state index contributed by atoms with van der Waals surface area (Å²) in [7, 11) is 0. The van der Waals surface area contributed by atoms with Gasteiger partial charge in [-0.05, 0) is 17.7 Å². The highest BCUT2D eigenvalue weighted by molar-refractivity contribution is 5.86. The molecule has 0 aromatic heterocycles. The molecule has 2 atom stereocenters. The van der Waals surface area contributed by atoms with Crippen LogP contribution in [0.15, 0.2) is 54.6 Å². The summed E-state index contributed by atoms with van der Waals surface area (Å²) in [5, 5.41) is 12.6. The lowest BCUT2D eigenvalue weighted by Gasteiger charge is -2.27. The highest BCUT2D eigenvalue weighted by Crippen LogP contribution is 2.44.